The van der Waals surface area contributed by atoms with Crippen LogP contribution in [0, 0.1) is 0 Å². The summed E-state index contributed by atoms with van der Waals surface area (Å²) < 4.78 is 6.07. The van der Waals surface area contributed by atoms with Crippen molar-refractivity contribution in [2.75, 3.05) is 5.73 Å². The highest BCUT2D eigenvalue weighted by molar-refractivity contribution is 9.10. The van der Waals surface area contributed by atoms with E-state index in [9.17, 15) is 0 Å². The molecule has 5 heteroatoms. The molecule has 0 atom stereocenters. The fourth-order valence-electron chi connectivity index (χ4n) is 1.10. The van der Waals surface area contributed by atoms with Crippen LogP contribution in [0.15, 0.2) is 33.3 Å². The lowest BCUT2D eigenvalue weighted by Gasteiger charge is -1.99. The van der Waals surface area contributed by atoms with Gasteiger partial charge in [-0.1, -0.05) is 27.5 Å². The third-order valence-corrected chi connectivity index (χ3v) is 2.53. The van der Waals surface area contributed by atoms with E-state index >= 15 is 0 Å². The number of nitrogens with zero attached hydrogens (tertiary/aromatic N) is 1. The van der Waals surface area contributed by atoms with E-state index in [4.69, 9.17) is 21.8 Å². The number of aromatic nitrogens is 1. The lowest BCUT2D eigenvalue weighted by atomic mass is 10.2. The van der Waals surface area contributed by atoms with E-state index in [1.807, 2.05) is 12.1 Å². The second-order valence-corrected chi connectivity index (χ2v) is 4.01. The van der Waals surface area contributed by atoms with Crippen molar-refractivity contribution < 1.29 is 4.42 Å². The highest BCUT2D eigenvalue weighted by Gasteiger charge is 2.08. The molecular formula is C9H6BrClN2O. The van der Waals surface area contributed by atoms with Crippen LogP contribution >= 0.6 is 27.5 Å². The van der Waals surface area contributed by atoms with E-state index < -0.39 is 0 Å². The van der Waals surface area contributed by atoms with E-state index in [-0.39, 0.29) is 6.01 Å². The second kappa shape index (κ2) is 3.63. The molecule has 2 rings (SSSR count). The van der Waals surface area contributed by atoms with Crippen molar-refractivity contribution in [2.24, 2.45) is 0 Å². The van der Waals surface area contributed by atoms with Crippen LogP contribution in [0.25, 0.3) is 11.3 Å². The maximum atomic E-state index is 6.01. The Labute approximate surface area is 94.0 Å². The van der Waals surface area contributed by atoms with Gasteiger partial charge in [0.2, 0.25) is 0 Å². The summed E-state index contributed by atoms with van der Waals surface area (Å²) >= 11 is 9.33. The summed E-state index contributed by atoms with van der Waals surface area (Å²) in [6, 6.07) is 5.64. The van der Waals surface area contributed by atoms with Gasteiger partial charge in [-0.05, 0) is 18.2 Å². The van der Waals surface area contributed by atoms with Crippen LogP contribution in [0.4, 0.5) is 6.01 Å². The van der Waals surface area contributed by atoms with Gasteiger partial charge in [0.1, 0.15) is 0 Å². The van der Waals surface area contributed by atoms with E-state index in [0.717, 1.165) is 10.0 Å². The normalized spacial score (nSPS) is 10.4. The van der Waals surface area contributed by atoms with E-state index in [2.05, 4.69) is 20.9 Å². The van der Waals surface area contributed by atoms with Gasteiger partial charge in [0.15, 0.2) is 5.76 Å². The topological polar surface area (TPSA) is 52.0 Å². The third kappa shape index (κ3) is 1.76. The molecule has 1 aromatic heterocycles. The van der Waals surface area contributed by atoms with Gasteiger partial charge in [0, 0.05) is 10.0 Å². The molecule has 0 radical (unpaired) electrons. The fraction of sp³-hybridized carbons (Fsp3) is 0. The maximum Gasteiger partial charge on any atom is 0.292 e. The van der Waals surface area contributed by atoms with Crippen LogP contribution in [-0.2, 0) is 0 Å². The molecule has 3 nitrogen and oxygen atoms in total. The monoisotopic (exact) mass is 272 g/mol. The molecule has 72 valence electrons. The number of nitrogens with two attached hydrogens (primary N) is 1. The lowest BCUT2D eigenvalue weighted by Crippen LogP contribution is -1.80. The minimum Gasteiger partial charge on any atom is -0.424 e. The van der Waals surface area contributed by atoms with Gasteiger partial charge in [-0.3, -0.25) is 0 Å². The summed E-state index contributed by atoms with van der Waals surface area (Å²) in [4.78, 5) is 3.80. The predicted octanol–water partition coefficient (Wildman–Crippen LogP) is 3.34. The Morgan fingerprint density at radius 1 is 1.43 bits per heavy atom. The van der Waals surface area contributed by atoms with Crippen LogP contribution in [-0.4, -0.2) is 4.98 Å². The minimum absolute atomic E-state index is 0.138. The highest BCUT2D eigenvalue weighted by atomic mass is 79.9. The number of nitrogen functional groups attached to an aromatic ring is 1. The number of halogens is 2. The average Bonchev–Trinajstić information content (AvgIpc) is 2.51. The number of rotatable bonds is 1. The zero-order chi connectivity index (χ0) is 10.1. The Kier molecular flexibility index (Phi) is 2.48. The highest BCUT2D eigenvalue weighted by Crippen LogP contribution is 2.30. The summed E-state index contributed by atoms with van der Waals surface area (Å²) in [6.07, 6.45) is 1.55. The number of hydrogen-bond acceptors (Lipinski definition) is 3. The number of anilines is 1. The molecule has 0 saturated carbocycles. The zero-order valence-electron chi connectivity index (χ0n) is 7.00. The Hall–Kier alpha value is -1.00. The van der Waals surface area contributed by atoms with Crippen molar-refractivity contribution >= 4 is 33.5 Å². The molecule has 0 bridgehead atoms. The number of benzene rings is 1. The molecule has 0 fully saturated rings. The summed E-state index contributed by atoms with van der Waals surface area (Å²) in [5.41, 5.74) is 6.14. The Morgan fingerprint density at radius 2 is 2.21 bits per heavy atom. The smallest absolute Gasteiger partial charge is 0.292 e. The van der Waals surface area contributed by atoms with Gasteiger partial charge in [0.05, 0.1) is 11.2 Å². The van der Waals surface area contributed by atoms with E-state index in [1.54, 1.807) is 12.3 Å². The summed E-state index contributed by atoms with van der Waals surface area (Å²) in [5, 5.41) is 0.593. The van der Waals surface area contributed by atoms with Crippen molar-refractivity contribution in [1.29, 1.82) is 0 Å². The molecule has 2 N–H and O–H groups in total. The standard InChI is InChI=1S/C9H6BrClN2O/c10-5-1-2-6(7(11)3-5)8-4-13-9(12)14-8/h1-4H,(H2,12,13). The first-order valence-corrected chi connectivity index (χ1v) is 5.00. The van der Waals surface area contributed by atoms with Crippen LogP contribution in [0.3, 0.4) is 0 Å². The fourth-order valence-corrected chi connectivity index (χ4v) is 1.87. The van der Waals surface area contributed by atoms with Gasteiger partial charge >= 0.3 is 0 Å². The largest absolute Gasteiger partial charge is 0.424 e. The Morgan fingerprint density at radius 3 is 2.79 bits per heavy atom. The Bertz CT molecular complexity index is 470. The van der Waals surface area contributed by atoms with Crippen molar-refractivity contribution in [1.82, 2.24) is 4.98 Å². The molecule has 2 aromatic rings. The molecule has 0 aliphatic heterocycles. The maximum absolute atomic E-state index is 6.01. The van der Waals surface area contributed by atoms with E-state index in [1.165, 1.54) is 0 Å². The number of hydrogen-bond donors (Lipinski definition) is 1. The molecule has 14 heavy (non-hydrogen) atoms. The van der Waals surface area contributed by atoms with Crippen molar-refractivity contribution in [3.8, 4) is 11.3 Å². The van der Waals surface area contributed by atoms with Gasteiger partial charge in [0.25, 0.3) is 6.01 Å². The van der Waals surface area contributed by atoms with Crippen LogP contribution < -0.4 is 5.73 Å². The van der Waals surface area contributed by atoms with Gasteiger partial charge < -0.3 is 10.2 Å². The van der Waals surface area contributed by atoms with Crippen LogP contribution in [0.5, 0.6) is 0 Å². The summed E-state index contributed by atoms with van der Waals surface area (Å²) in [5.74, 6) is 0.569. The number of oxazole rings is 1. The lowest BCUT2D eigenvalue weighted by molar-refractivity contribution is 0.595. The molecule has 0 aliphatic carbocycles. The molecule has 1 aromatic carbocycles. The first kappa shape index (κ1) is 9.55. The van der Waals surface area contributed by atoms with Crippen LogP contribution in [0.2, 0.25) is 5.02 Å². The van der Waals surface area contributed by atoms with Gasteiger partial charge in [-0.25, -0.2) is 4.98 Å². The molecule has 1 heterocycles. The molecule has 0 spiro atoms. The predicted molar refractivity (Wildman–Crippen MR) is 59.1 cm³/mol. The first-order chi connectivity index (χ1) is 6.66. The first-order valence-electron chi connectivity index (χ1n) is 3.83. The van der Waals surface area contributed by atoms with Crippen molar-refractivity contribution in [3.05, 3.63) is 33.9 Å². The van der Waals surface area contributed by atoms with Crippen molar-refractivity contribution in [3.63, 3.8) is 0 Å². The van der Waals surface area contributed by atoms with Crippen LogP contribution in [0.1, 0.15) is 0 Å². The second-order valence-electron chi connectivity index (χ2n) is 2.69. The quantitative estimate of drug-likeness (QED) is 0.867. The summed E-state index contributed by atoms with van der Waals surface area (Å²) in [7, 11) is 0. The molecular weight excluding hydrogens is 267 g/mol. The minimum atomic E-state index is 0.138. The average molecular weight is 274 g/mol. The SMILES string of the molecule is Nc1ncc(-c2ccc(Br)cc2Cl)o1. The third-order valence-electron chi connectivity index (χ3n) is 1.72. The molecule has 0 aliphatic rings. The van der Waals surface area contributed by atoms with Gasteiger partial charge in [-0.15, -0.1) is 0 Å². The summed E-state index contributed by atoms with van der Waals surface area (Å²) in [6.45, 7) is 0. The van der Waals surface area contributed by atoms with E-state index in [0.29, 0.717) is 10.8 Å². The van der Waals surface area contributed by atoms with Crippen molar-refractivity contribution in [2.45, 2.75) is 0 Å². The molecule has 0 amide bonds. The zero-order valence-corrected chi connectivity index (χ0v) is 9.34. The molecule has 0 saturated heterocycles. The Balaban J connectivity index is 2.52. The molecule has 0 unspecified atom stereocenters. The van der Waals surface area contributed by atoms with Gasteiger partial charge in [-0.2, -0.15) is 0 Å².